The summed E-state index contributed by atoms with van der Waals surface area (Å²) in [6.45, 7) is 10.0. The van der Waals surface area contributed by atoms with Gasteiger partial charge in [0.25, 0.3) is 0 Å². The van der Waals surface area contributed by atoms with Gasteiger partial charge in [0.15, 0.2) is 0 Å². The molecule has 0 saturated carbocycles. The zero-order valence-electron chi connectivity index (χ0n) is 12.0. The van der Waals surface area contributed by atoms with Crippen molar-refractivity contribution in [3.63, 3.8) is 0 Å². The molecule has 2 heteroatoms. The van der Waals surface area contributed by atoms with Crippen LogP contribution >= 0.6 is 11.6 Å². The smallest absolute Gasteiger partial charge is 0.0438 e. The first kappa shape index (κ1) is 15.5. The number of hydrogen-bond donors (Lipinski definition) is 1. The highest BCUT2D eigenvalue weighted by atomic mass is 35.5. The molecule has 0 aliphatic heterocycles. The molecule has 0 radical (unpaired) electrons. The van der Waals surface area contributed by atoms with Gasteiger partial charge in [-0.1, -0.05) is 57.5 Å². The lowest BCUT2D eigenvalue weighted by atomic mass is 9.90. The first-order valence-electron chi connectivity index (χ1n) is 6.95. The van der Waals surface area contributed by atoms with Crippen LogP contribution in [0.3, 0.4) is 0 Å². The second kappa shape index (κ2) is 7.81. The highest BCUT2D eigenvalue weighted by Gasteiger charge is 2.13. The van der Waals surface area contributed by atoms with Gasteiger partial charge in [0.1, 0.15) is 0 Å². The molecular formula is C16H26ClN. The van der Waals surface area contributed by atoms with Crippen LogP contribution in [0.5, 0.6) is 0 Å². The van der Waals surface area contributed by atoms with Crippen molar-refractivity contribution in [3.05, 3.63) is 34.9 Å². The van der Waals surface area contributed by atoms with Gasteiger partial charge in [0.05, 0.1) is 0 Å². The molecule has 1 aromatic rings. The number of halogens is 1. The lowest BCUT2D eigenvalue weighted by Gasteiger charge is -2.21. The molecule has 1 aromatic carbocycles. The summed E-state index contributed by atoms with van der Waals surface area (Å²) in [5.74, 6) is 1.39. The molecule has 18 heavy (non-hydrogen) atoms. The fourth-order valence-corrected chi connectivity index (χ4v) is 2.50. The van der Waals surface area contributed by atoms with Crippen molar-refractivity contribution in [1.82, 2.24) is 5.32 Å². The summed E-state index contributed by atoms with van der Waals surface area (Å²) in [5.41, 5.74) is 1.27. The number of rotatable bonds is 7. The molecule has 0 spiro atoms. The van der Waals surface area contributed by atoms with Crippen molar-refractivity contribution in [2.24, 2.45) is 11.8 Å². The van der Waals surface area contributed by atoms with E-state index in [9.17, 15) is 0 Å². The lowest BCUT2D eigenvalue weighted by Crippen LogP contribution is -2.30. The average molecular weight is 268 g/mol. The van der Waals surface area contributed by atoms with Crippen molar-refractivity contribution in [2.45, 2.75) is 46.6 Å². The zero-order valence-corrected chi connectivity index (χ0v) is 12.8. The predicted molar refractivity (Wildman–Crippen MR) is 81.2 cm³/mol. The van der Waals surface area contributed by atoms with E-state index in [1.807, 2.05) is 12.1 Å². The number of nitrogens with one attached hydrogen (secondary N) is 1. The number of hydrogen-bond acceptors (Lipinski definition) is 1. The highest BCUT2D eigenvalue weighted by Crippen LogP contribution is 2.22. The Morgan fingerprint density at radius 1 is 1.11 bits per heavy atom. The van der Waals surface area contributed by atoms with Crippen LogP contribution in [0.1, 0.15) is 39.7 Å². The molecule has 1 unspecified atom stereocenters. The minimum atomic E-state index is 0.547. The molecule has 0 aromatic heterocycles. The molecule has 1 N–H and O–H groups in total. The van der Waals surface area contributed by atoms with E-state index >= 15 is 0 Å². The van der Waals surface area contributed by atoms with Crippen LogP contribution in [-0.4, -0.2) is 12.6 Å². The second-order valence-electron chi connectivity index (χ2n) is 5.85. The Kier molecular flexibility index (Phi) is 6.73. The van der Waals surface area contributed by atoms with Crippen LogP contribution in [0.2, 0.25) is 5.02 Å². The third-order valence-corrected chi connectivity index (χ3v) is 3.45. The molecular weight excluding hydrogens is 242 g/mol. The van der Waals surface area contributed by atoms with Gasteiger partial charge in [0.2, 0.25) is 0 Å². The molecule has 1 rings (SSSR count). The van der Waals surface area contributed by atoms with Crippen molar-refractivity contribution >= 4 is 11.6 Å². The summed E-state index contributed by atoms with van der Waals surface area (Å²) in [4.78, 5) is 0. The fourth-order valence-electron chi connectivity index (χ4n) is 2.28. The minimum absolute atomic E-state index is 0.547. The van der Waals surface area contributed by atoms with E-state index < -0.39 is 0 Å². The second-order valence-corrected chi connectivity index (χ2v) is 6.26. The summed E-state index contributed by atoms with van der Waals surface area (Å²) >= 11 is 6.25. The molecule has 1 nitrogen and oxygen atoms in total. The maximum atomic E-state index is 6.25. The van der Waals surface area contributed by atoms with E-state index in [-0.39, 0.29) is 0 Å². The molecule has 102 valence electrons. The van der Waals surface area contributed by atoms with Gasteiger partial charge in [-0.05, 0) is 42.9 Å². The molecule has 1 atom stereocenters. The third kappa shape index (κ3) is 5.88. The quantitative estimate of drug-likeness (QED) is 0.765. The van der Waals surface area contributed by atoms with Gasteiger partial charge in [-0.2, -0.15) is 0 Å². The Morgan fingerprint density at radius 2 is 1.78 bits per heavy atom. The van der Waals surface area contributed by atoms with Crippen LogP contribution in [0.15, 0.2) is 24.3 Å². The van der Waals surface area contributed by atoms with E-state index in [0.717, 1.165) is 23.9 Å². The fraction of sp³-hybridized carbons (Fsp3) is 0.625. The van der Waals surface area contributed by atoms with Crippen molar-refractivity contribution in [1.29, 1.82) is 0 Å². The SMILES string of the molecule is CC(C)CC(CNC(C)C)Cc1ccccc1Cl. The normalized spacial score (nSPS) is 13.3. The van der Waals surface area contributed by atoms with Crippen LogP contribution < -0.4 is 5.32 Å². The Labute approximate surface area is 117 Å². The summed E-state index contributed by atoms with van der Waals surface area (Å²) in [6.07, 6.45) is 2.31. The summed E-state index contributed by atoms with van der Waals surface area (Å²) < 4.78 is 0. The van der Waals surface area contributed by atoms with Crippen LogP contribution in [0, 0.1) is 11.8 Å². The topological polar surface area (TPSA) is 12.0 Å². The van der Waals surface area contributed by atoms with Gasteiger partial charge in [-0.15, -0.1) is 0 Å². The zero-order chi connectivity index (χ0) is 13.5. The van der Waals surface area contributed by atoms with E-state index in [4.69, 9.17) is 11.6 Å². The first-order valence-corrected chi connectivity index (χ1v) is 7.33. The highest BCUT2D eigenvalue weighted by molar-refractivity contribution is 6.31. The van der Waals surface area contributed by atoms with Crippen molar-refractivity contribution in [2.75, 3.05) is 6.54 Å². The van der Waals surface area contributed by atoms with E-state index in [2.05, 4.69) is 45.1 Å². The molecule has 0 saturated heterocycles. The summed E-state index contributed by atoms with van der Waals surface area (Å²) in [6, 6.07) is 8.74. The van der Waals surface area contributed by atoms with Gasteiger partial charge in [-0.3, -0.25) is 0 Å². The van der Waals surface area contributed by atoms with E-state index in [1.54, 1.807) is 0 Å². The summed E-state index contributed by atoms with van der Waals surface area (Å²) in [7, 11) is 0. The Hall–Kier alpha value is -0.530. The molecule has 0 bridgehead atoms. The maximum Gasteiger partial charge on any atom is 0.0438 e. The van der Waals surface area contributed by atoms with Crippen molar-refractivity contribution < 1.29 is 0 Å². The van der Waals surface area contributed by atoms with E-state index in [1.165, 1.54) is 12.0 Å². The maximum absolute atomic E-state index is 6.25. The minimum Gasteiger partial charge on any atom is -0.314 e. The molecule has 0 amide bonds. The lowest BCUT2D eigenvalue weighted by molar-refractivity contribution is 0.373. The molecule has 0 aliphatic carbocycles. The largest absolute Gasteiger partial charge is 0.314 e. The standard InChI is InChI=1S/C16H26ClN/c1-12(2)9-14(11-18-13(3)4)10-15-7-5-6-8-16(15)17/h5-8,12-14,18H,9-11H2,1-4H3. The van der Waals surface area contributed by atoms with Crippen LogP contribution in [-0.2, 0) is 6.42 Å². The molecule has 0 heterocycles. The van der Waals surface area contributed by atoms with Gasteiger partial charge >= 0.3 is 0 Å². The van der Waals surface area contributed by atoms with Crippen LogP contribution in [0.4, 0.5) is 0 Å². The van der Waals surface area contributed by atoms with Gasteiger partial charge in [-0.25, -0.2) is 0 Å². The Balaban J connectivity index is 2.62. The van der Waals surface area contributed by atoms with E-state index in [0.29, 0.717) is 12.0 Å². The first-order chi connectivity index (χ1) is 8.49. The monoisotopic (exact) mass is 267 g/mol. The summed E-state index contributed by atoms with van der Waals surface area (Å²) in [5, 5.41) is 4.45. The van der Waals surface area contributed by atoms with Gasteiger partial charge < -0.3 is 5.32 Å². The molecule has 0 fully saturated rings. The van der Waals surface area contributed by atoms with Crippen molar-refractivity contribution in [3.8, 4) is 0 Å². The average Bonchev–Trinajstić information content (AvgIpc) is 2.28. The number of benzene rings is 1. The van der Waals surface area contributed by atoms with Crippen LogP contribution in [0.25, 0.3) is 0 Å². The Morgan fingerprint density at radius 3 is 2.33 bits per heavy atom. The Bertz CT molecular complexity index is 347. The van der Waals surface area contributed by atoms with Gasteiger partial charge in [0, 0.05) is 11.1 Å². The predicted octanol–water partition coefficient (Wildman–Crippen LogP) is 4.54. The molecule has 0 aliphatic rings. The third-order valence-electron chi connectivity index (χ3n) is 3.09.